The second kappa shape index (κ2) is 11.8. The first-order valence-electron chi connectivity index (χ1n) is 12.2. The van der Waals surface area contributed by atoms with Crippen LogP contribution in [0.1, 0.15) is 11.1 Å². The molecular weight excluding hydrogens is 640 g/mol. The van der Waals surface area contributed by atoms with Crippen LogP contribution < -0.4 is 10.3 Å². The molecule has 1 fully saturated rings. The average Bonchev–Trinajstić information content (AvgIpc) is 2.96. The number of aromatic nitrogens is 2. The minimum Gasteiger partial charge on any atom is -0.483 e. The van der Waals surface area contributed by atoms with E-state index in [1.807, 2.05) is 0 Å². The maximum absolute atomic E-state index is 13.4. The molecule has 0 spiro atoms. The molecule has 0 aliphatic carbocycles. The van der Waals surface area contributed by atoms with Crippen LogP contribution in [0, 0.1) is 3.57 Å². The highest BCUT2D eigenvalue weighted by atomic mass is 127. The first kappa shape index (κ1) is 27.8. The van der Waals surface area contributed by atoms with Gasteiger partial charge >= 0.3 is 6.18 Å². The molecule has 1 aliphatic rings. The molecule has 0 bridgehead atoms. The molecule has 3 aromatic carbocycles. The minimum absolute atomic E-state index is 0.0256. The van der Waals surface area contributed by atoms with Gasteiger partial charge in [-0.1, -0.05) is 24.3 Å². The van der Waals surface area contributed by atoms with Crippen molar-refractivity contribution in [1.29, 1.82) is 0 Å². The molecule has 0 saturated carbocycles. The molecule has 1 aromatic heterocycles. The van der Waals surface area contributed by atoms with Crippen molar-refractivity contribution < 1.29 is 27.4 Å². The van der Waals surface area contributed by atoms with Crippen LogP contribution >= 0.6 is 22.6 Å². The summed E-state index contributed by atoms with van der Waals surface area (Å²) < 4.78 is 52.9. The minimum atomic E-state index is -4.56. The summed E-state index contributed by atoms with van der Waals surface area (Å²) in [6.45, 7) is 1.95. The number of hydrogen-bond acceptors (Lipinski definition) is 6. The highest BCUT2D eigenvalue weighted by Gasteiger charge is 2.31. The molecular formula is C28H22F3IN4O4. The molecule has 0 N–H and O–H groups in total. The number of halogens is 4. The summed E-state index contributed by atoms with van der Waals surface area (Å²) >= 11 is 2.07. The maximum Gasteiger partial charge on any atom is 0.416 e. The topological polar surface area (TPSA) is 86.0 Å². The van der Waals surface area contributed by atoms with E-state index < -0.39 is 17.3 Å². The second-order valence-corrected chi connectivity index (χ2v) is 10.0. The molecule has 2 heterocycles. The standard InChI is InChI=1S/C28H22F3IN4O4/c29-28(30,31)20-5-3-4-19(15-20)26-34-23-7-2-1-6-21(23)27(38)36(26)33-16-18-8-9-24(22(32)14-18)40-17-25(37)35-10-12-39-13-11-35/h1-9,14-16H,10-13,17H2. The number of amides is 1. The normalized spacial score (nSPS) is 14.2. The van der Waals surface area contributed by atoms with Gasteiger partial charge in [-0.3, -0.25) is 9.59 Å². The zero-order chi connectivity index (χ0) is 28.3. The van der Waals surface area contributed by atoms with E-state index in [0.29, 0.717) is 46.7 Å². The highest BCUT2D eigenvalue weighted by molar-refractivity contribution is 14.1. The Bertz CT molecular complexity index is 1650. The van der Waals surface area contributed by atoms with Crippen molar-refractivity contribution in [3.05, 3.63) is 91.8 Å². The second-order valence-electron chi connectivity index (χ2n) is 8.86. The number of benzene rings is 3. The number of para-hydroxylation sites is 1. The van der Waals surface area contributed by atoms with Gasteiger partial charge in [-0.15, -0.1) is 0 Å². The van der Waals surface area contributed by atoms with Crippen molar-refractivity contribution in [2.75, 3.05) is 32.9 Å². The third-order valence-electron chi connectivity index (χ3n) is 6.20. The first-order chi connectivity index (χ1) is 19.2. The van der Waals surface area contributed by atoms with Crippen LogP contribution in [0.4, 0.5) is 13.2 Å². The van der Waals surface area contributed by atoms with E-state index >= 15 is 0 Å². The highest BCUT2D eigenvalue weighted by Crippen LogP contribution is 2.32. The van der Waals surface area contributed by atoms with Crippen molar-refractivity contribution in [2.24, 2.45) is 5.10 Å². The summed E-state index contributed by atoms with van der Waals surface area (Å²) in [5, 5.41) is 4.60. The van der Waals surface area contributed by atoms with Gasteiger partial charge in [0.25, 0.3) is 11.5 Å². The van der Waals surface area contributed by atoms with Gasteiger partial charge in [0.2, 0.25) is 0 Å². The lowest BCUT2D eigenvalue weighted by Crippen LogP contribution is -2.43. The molecule has 0 radical (unpaired) electrons. The van der Waals surface area contributed by atoms with Gasteiger partial charge in [0.1, 0.15) is 5.75 Å². The number of carbonyl (C=O) groups is 1. The SMILES string of the molecule is O=C(COc1ccc(C=Nn2c(-c3cccc(C(F)(F)F)c3)nc3ccccc3c2=O)cc1I)N1CCOCC1. The van der Waals surface area contributed by atoms with Crippen LogP contribution in [0.5, 0.6) is 5.75 Å². The van der Waals surface area contributed by atoms with Gasteiger partial charge < -0.3 is 14.4 Å². The van der Waals surface area contributed by atoms with Crippen molar-refractivity contribution in [2.45, 2.75) is 6.18 Å². The van der Waals surface area contributed by atoms with Crippen LogP contribution in [0.2, 0.25) is 0 Å². The van der Waals surface area contributed by atoms with Crippen LogP contribution in [0.25, 0.3) is 22.3 Å². The number of hydrogen-bond donors (Lipinski definition) is 0. The molecule has 0 atom stereocenters. The molecule has 1 aliphatic heterocycles. The van der Waals surface area contributed by atoms with E-state index in [9.17, 15) is 22.8 Å². The Kier molecular flexibility index (Phi) is 8.17. The molecule has 206 valence electrons. The number of fused-ring (bicyclic) bond motifs is 1. The monoisotopic (exact) mass is 662 g/mol. The third kappa shape index (κ3) is 6.17. The summed E-state index contributed by atoms with van der Waals surface area (Å²) in [5.74, 6) is 0.353. The average molecular weight is 662 g/mol. The van der Waals surface area contributed by atoms with Crippen LogP contribution in [-0.2, 0) is 15.7 Å². The molecule has 12 heteroatoms. The summed E-state index contributed by atoms with van der Waals surface area (Å²) in [7, 11) is 0. The van der Waals surface area contributed by atoms with E-state index in [2.05, 4.69) is 32.7 Å². The fraction of sp³-hybridized carbons (Fsp3) is 0.214. The predicted molar refractivity (Wildman–Crippen MR) is 151 cm³/mol. The zero-order valence-electron chi connectivity index (χ0n) is 20.9. The first-order valence-corrected chi connectivity index (χ1v) is 13.3. The third-order valence-corrected chi connectivity index (χ3v) is 7.04. The lowest BCUT2D eigenvalue weighted by Gasteiger charge is -2.26. The van der Waals surface area contributed by atoms with E-state index in [1.165, 1.54) is 18.3 Å². The quantitative estimate of drug-likeness (QED) is 0.219. The van der Waals surface area contributed by atoms with Crippen molar-refractivity contribution in [3.8, 4) is 17.1 Å². The predicted octanol–water partition coefficient (Wildman–Crippen LogP) is 4.81. The number of ether oxygens (including phenoxy) is 2. The molecule has 8 nitrogen and oxygen atoms in total. The number of carbonyl (C=O) groups excluding carboxylic acids is 1. The molecule has 40 heavy (non-hydrogen) atoms. The summed E-state index contributed by atoms with van der Waals surface area (Å²) in [5.41, 5.74) is -0.343. The number of morpholine rings is 1. The van der Waals surface area contributed by atoms with E-state index in [4.69, 9.17) is 9.47 Å². The fourth-order valence-corrected chi connectivity index (χ4v) is 4.83. The van der Waals surface area contributed by atoms with Gasteiger partial charge in [-0.05, 0) is 70.6 Å². The Morgan fingerprint density at radius 2 is 1.85 bits per heavy atom. The number of alkyl halides is 3. The van der Waals surface area contributed by atoms with E-state index in [-0.39, 0.29) is 29.3 Å². The Balaban J connectivity index is 1.44. The number of nitrogens with zero attached hydrogens (tertiary/aromatic N) is 4. The fourth-order valence-electron chi connectivity index (χ4n) is 4.13. The number of rotatable bonds is 6. The van der Waals surface area contributed by atoms with Crippen molar-refractivity contribution in [3.63, 3.8) is 0 Å². The Labute approximate surface area is 240 Å². The van der Waals surface area contributed by atoms with Crippen LogP contribution in [0.3, 0.4) is 0 Å². The zero-order valence-corrected chi connectivity index (χ0v) is 23.1. The van der Waals surface area contributed by atoms with Gasteiger partial charge in [0.05, 0.1) is 39.5 Å². The van der Waals surface area contributed by atoms with Gasteiger partial charge in [-0.25, -0.2) is 4.98 Å². The molecule has 1 saturated heterocycles. The smallest absolute Gasteiger partial charge is 0.416 e. The molecule has 1 amide bonds. The molecule has 0 unspecified atom stereocenters. The molecule has 5 rings (SSSR count). The lowest BCUT2D eigenvalue weighted by molar-refractivity contribution is -0.138. The summed E-state index contributed by atoms with van der Waals surface area (Å²) in [6.07, 6.45) is -3.14. The van der Waals surface area contributed by atoms with Crippen LogP contribution in [-0.4, -0.2) is 59.6 Å². The van der Waals surface area contributed by atoms with Gasteiger partial charge in [0, 0.05) is 18.7 Å². The van der Waals surface area contributed by atoms with E-state index in [1.54, 1.807) is 47.4 Å². The van der Waals surface area contributed by atoms with Gasteiger partial charge in [-0.2, -0.15) is 22.9 Å². The Morgan fingerprint density at radius 1 is 1.07 bits per heavy atom. The molecule has 4 aromatic rings. The van der Waals surface area contributed by atoms with Crippen molar-refractivity contribution in [1.82, 2.24) is 14.6 Å². The lowest BCUT2D eigenvalue weighted by atomic mass is 10.1. The Hall–Kier alpha value is -3.78. The summed E-state index contributed by atoms with van der Waals surface area (Å²) in [4.78, 5) is 31.9. The van der Waals surface area contributed by atoms with E-state index in [0.717, 1.165) is 16.8 Å². The van der Waals surface area contributed by atoms with Crippen LogP contribution in [0.15, 0.2) is 76.6 Å². The maximum atomic E-state index is 13.4. The van der Waals surface area contributed by atoms with Gasteiger partial charge in [0.15, 0.2) is 12.4 Å². The summed E-state index contributed by atoms with van der Waals surface area (Å²) in [6, 6.07) is 16.3. The Morgan fingerprint density at radius 3 is 2.60 bits per heavy atom. The van der Waals surface area contributed by atoms with Crippen molar-refractivity contribution >= 4 is 45.6 Å². The largest absolute Gasteiger partial charge is 0.483 e.